The van der Waals surface area contributed by atoms with Crippen molar-refractivity contribution in [2.45, 2.75) is 6.04 Å². The number of hydrogen-bond donors (Lipinski definition) is 4. The SMILES string of the molecule is O=C(CNC(=O)c1cccc(Br)c1)NC(CO)C(=O)O. The summed E-state index contributed by atoms with van der Waals surface area (Å²) in [5.41, 5.74) is 0.365. The maximum Gasteiger partial charge on any atom is 0.328 e. The van der Waals surface area contributed by atoms with Crippen molar-refractivity contribution in [2.75, 3.05) is 13.2 Å². The summed E-state index contributed by atoms with van der Waals surface area (Å²) in [6.07, 6.45) is 0. The van der Waals surface area contributed by atoms with Crippen LogP contribution in [0.25, 0.3) is 0 Å². The molecule has 0 heterocycles. The average Bonchev–Trinajstić information content (AvgIpc) is 2.41. The van der Waals surface area contributed by atoms with E-state index < -0.39 is 30.4 Å². The number of nitrogens with one attached hydrogen (secondary N) is 2. The molecular formula is C12H13BrN2O5. The number of aliphatic carboxylic acids is 1. The number of rotatable bonds is 6. The van der Waals surface area contributed by atoms with Crippen LogP contribution in [-0.2, 0) is 9.59 Å². The molecule has 0 saturated carbocycles. The molecule has 4 N–H and O–H groups in total. The number of aliphatic hydroxyl groups is 1. The van der Waals surface area contributed by atoms with Gasteiger partial charge in [-0.25, -0.2) is 4.79 Å². The van der Waals surface area contributed by atoms with Crippen molar-refractivity contribution < 1.29 is 24.6 Å². The lowest BCUT2D eigenvalue weighted by Crippen LogP contribution is -2.47. The highest BCUT2D eigenvalue weighted by Crippen LogP contribution is 2.11. The third-order valence-electron chi connectivity index (χ3n) is 2.31. The zero-order valence-corrected chi connectivity index (χ0v) is 11.9. The molecule has 20 heavy (non-hydrogen) atoms. The maximum absolute atomic E-state index is 11.7. The zero-order valence-electron chi connectivity index (χ0n) is 10.3. The number of carbonyl (C=O) groups excluding carboxylic acids is 2. The van der Waals surface area contributed by atoms with Gasteiger partial charge in [0.2, 0.25) is 5.91 Å². The quantitative estimate of drug-likeness (QED) is 0.567. The van der Waals surface area contributed by atoms with Gasteiger partial charge in [-0.1, -0.05) is 22.0 Å². The molecule has 0 saturated heterocycles. The molecule has 7 nitrogen and oxygen atoms in total. The normalized spacial score (nSPS) is 11.5. The topological polar surface area (TPSA) is 116 Å². The van der Waals surface area contributed by atoms with E-state index in [-0.39, 0.29) is 6.54 Å². The number of amides is 2. The Kier molecular flexibility index (Phi) is 6.13. The number of aliphatic hydroxyl groups excluding tert-OH is 1. The van der Waals surface area contributed by atoms with Crippen molar-refractivity contribution in [3.63, 3.8) is 0 Å². The van der Waals surface area contributed by atoms with E-state index in [4.69, 9.17) is 10.2 Å². The second-order valence-electron chi connectivity index (χ2n) is 3.83. The largest absolute Gasteiger partial charge is 0.480 e. The van der Waals surface area contributed by atoms with E-state index in [1.54, 1.807) is 24.3 Å². The van der Waals surface area contributed by atoms with Gasteiger partial charge in [0.15, 0.2) is 0 Å². The number of carboxylic acid groups (broad SMARTS) is 1. The molecule has 0 fully saturated rings. The highest BCUT2D eigenvalue weighted by atomic mass is 79.9. The molecule has 1 aromatic carbocycles. The second kappa shape index (κ2) is 7.61. The van der Waals surface area contributed by atoms with Gasteiger partial charge in [-0.15, -0.1) is 0 Å². The van der Waals surface area contributed by atoms with Crippen molar-refractivity contribution in [3.05, 3.63) is 34.3 Å². The first-order valence-electron chi connectivity index (χ1n) is 5.61. The Balaban J connectivity index is 2.49. The molecule has 1 atom stereocenters. The van der Waals surface area contributed by atoms with Crippen LogP contribution in [-0.4, -0.2) is 47.2 Å². The minimum atomic E-state index is -1.38. The Morgan fingerprint density at radius 1 is 1.30 bits per heavy atom. The van der Waals surface area contributed by atoms with Gasteiger partial charge >= 0.3 is 5.97 Å². The molecule has 0 spiro atoms. The molecule has 8 heteroatoms. The van der Waals surface area contributed by atoms with Gasteiger partial charge in [0.1, 0.15) is 6.04 Å². The van der Waals surface area contributed by atoms with Crippen LogP contribution in [0.15, 0.2) is 28.7 Å². The van der Waals surface area contributed by atoms with E-state index in [9.17, 15) is 14.4 Å². The van der Waals surface area contributed by atoms with Crippen LogP contribution < -0.4 is 10.6 Å². The lowest BCUT2D eigenvalue weighted by atomic mass is 10.2. The maximum atomic E-state index is 11.7. The fraction of sp³-hybridized carbons (Fsp3) is 0.250. The summed E-state index contributed by atoms with van der Waals surface area (Å²) >= 11 is 3.22. The van der Waals surface area contributed by atoms with E-state index in [0.29, 0.717) is 5.56 Å². The fourth-order valence-electron chi connectivity index (χ4n) is 1.32. The molecule has 0 bridgehead atoms. The highest BCUT2D eigenvalue weighted by molar-refractivity contribution is 9.10. The molecule has 0 aliphatic heterocycles. The number of benzene rings is 1. The number of carboxylic acids is 1. The van der Waals surface area contributed by atoms with Crippen LogP contribution in [0, 0.1) is 0 Å². The predicted octanol–water partition coefficient (Wildman–Crippen LogP) is -0.259. The number of halogens is 1. The van der Waals surface area contributed by atoms with Crippen LogP contribution in [0.4, 0.5) is 0 Å². The molecule has 1 rings (SSSR count). The van der Waals surface area contributed by atoms with E-state index >= 15 is 0 Å². The minimum Gasteiger partial charge on any atom is -0.480 e. The van der Waals surface area contributed by atoms with E-state index in [1.807, 2.05) is 0 Å². The first-order valence-corrected chi connectivity index (χ1v) is 6.40. The van der Waals surface area contributed by atoms with Crippen molar-refractivity contribution in [3.8, 4) is 0 Å². The molecule has 0 aliphatic rings. The monoisotopic (exact) mass is 344 g/mol. The van der Waals surface area contributed by atoms with Crippen LogP contribution in [0.1, 0.15) is 10.4 Å². The minimum absolute atomic E-state index is 0.365. The van der Waals surface area contributed by atoms with Crippen molar-refractivity contribution in [1.29, 1.82) is 0 Å². The smallest absolute Gasteiger partial charge is 0.328 e. The lowest BCUT2D eigenvalue weighted by molar-refractivity contribution is -0.142. The van der Waals surface area contributed by atoms with E-state index in [2.05, 4.69) is 26.6 Å². The summed E-state index contributed by atoms with van der Waals surface area (Å²) in [5.74, 6) is -2.51. The van der Waals surface area contributed by atoms with Crippen molar-refractivity contribution in [2.24, 2.45) is 0 Å². The van der Waals surface area contributed by atoms with Crippen molar-refractivity contribution in [1.82, 2.24) is 10.6 Å². The van der Waals surface area contributed by atoms with Gasteiger partial charge in [-0.05, 0) is 18.2 Å². The third-order valence-corrected chi connectivity index (χ3v) is 2.81. The van der Waals surface area contributed by atoms with E-state index in [1.165, 1.54) is 0 Å². The van der Waals surface area contributed by atoms with Gasteiger partial charge in [0.05, 0.1) is 13.2 Å². The Hall–Kier alpha value is -1.93. The van der Waals surface area contributed by atoms with E-state index in [0.717, 1.165) is 4.47 Å². The van der Waals surface area contributed by atoms with Gasteiger partial charge in [-0.3, -0.25) is 9.59 Å². The van der Waals surface area contributed by atoms with Crippen LogP contribution in [0.2, 0.25) is 0 Å². The second-order valence-corrected chi connectivity index (χ2v) is 4.75. The number of hydrogen-bond acceptors (Lipinski definition) is 4. The Morgan fingerprint density at radius 3 is 2.55 bits per heavy atom. The highest BCUT2D eigenvalue weighted by Gasteiger charge is 2.18. The zero-order chi connectivity index (χ0) is 15.1. The Morgan fingerprint density at radius 2 is 2.00 bits per heavy atom. The summed E-state index contributed by atoms with van der Waals surface area (Å²) in [6, 6.07) is 5.20. The summed E-state index contributed by atoms with van der Waals surface area (Å²) < 4.78 is 0.723. The lowest BCUT2D eigenvalue weighted by Gasteiger charge is -2.12. The number of carbonyl (C=O) groups is 3. The van der Waals surface area contributed by atoms with Gasteiger partial charge < -0.3 is 20.8 Å². The van der Waals surface area contributed by atoms with Crippen LogP contribution >= 0.6 is 15.9 Å². The summed E-state index contributed by atoms with van der Waals surface area (Å²) in [6.45, 7) is -1.10. The Labute approximate surface area is 123 Å². The summed E-state index contributed by atoms with van der Waals surface area (Å²) in [7, 11) is 0. The molecule has 108 valence electrons. The average molecular weight is 345 g/mol. The Bertz CT molecular complexity index is 520. The van der Waals surface area contributed by atoms with Gasteiger partial charge in [0, 0.05) is 10.0 Å². The summed E-state index contributed by atoms with van der Waals surface area (Å²) in [4.78, 5) is 33.7. The molecule has 1 unspecified atom stereocenters. The summed E-state index contributed by atoms with van der Waals surface area (Å²) in [5, 5.41) is 21.8. The first-order chi connectivity index (χ1) is 9.43. The third kappa shape index (κ3) is 4.98. The predicted molar refractivity (Wildman–Crippen MR) is 73.1 cm³/mol. The molecule has 0 aromatic heterocycles. The van der Waals surface area contributed by atoms with Crippen LogP contribution in [0.5, 0.6) is 0 Å². The molecule has 0 radical (unpaired) electrons. The molecule has 2 amide bonds. The molecule has 1 aromatic rings. The standard InChI is InChI=1S/C12H13BrN2O5/c13-8-3-1-2-7(4-8)11(18)14-5-10(17)15-9(6-16)12(19)20/h1-4,9,16H,5-6H2,(H,14,18)(H,15,17)(H,19,20). The van der Waals surface area contributed by atoms with Crippen molar-refractivity contribution >= 4 is 33.7 Å². The molecule has 0 aliphatic carbocycles. The fourth-order valence-corrected chi connectivity index (χ4v) is 1.72. The van der Waals surface area contributed by atoms with Crippen LogP contribution in [0.3, 0.4) is 0 Å². The first kappa shape index (κ1) is 16.1. The van der Waals surface area contributed by atoms with Gasteiger partial charge in [0.25, 0.3) is 5.91 Å². The molecular weight excluding hydrogens is 332 g/mol. The van der Waals surface area contributed by atoms with Gasteiger partial charge in [-0.2, -0.15) is 0 Å².